The summed E-state index contributed by atoms with van der Waals surface area (Å²) in [7, 11) is 9.26. The smallest absolute Gasteiger partial charge is 0.258 e. The summed E-state index contributed by atoms with van der Waals surface area (Å²) in [6, 6.07) is 47.8. The highest BCUT2D eigenvalue weighted by Crippen LogP contribution is 2.46. The number of ether oxygens (including phenoxy) is 5. The molecule has 4 aliphatic rings. The molecule has 0 saturated heterocycles. The molecular weight excluding hydrogens is 1950 g/mol. The third kappa shape index (κ3) is 21.8. The summed E-state index contributed by atoms with van der Waals surface area (Å²) in [6.07, 6.45) is 33.4. The molecule has 0 amide bonds. The number of hydrogen-bond acceptors (Lipinski definition) is 30. The maximum absolute atomic E-state index is 6.55. The molecular formula is C106H99Cl5N30O5. The van der Waals surface area contributed by atoms with E-state index >= 15 is 0 Å². The predicted octanol–water partition coefficient (Wildman–Crippen LogP) is 21.9. The topological polar surface area (TPSA) is 459 Å². The van der Waals surface area contributed by atoms with Crippen molar-refractivity contribution >= 4 is 142 Å². The lowest BCUT2D eigenvalue weighted by Crippen LogP contribution is -2.25. The number of anilines is 5. The van der Waals surface area contributed by atoms with Crippen molar-refractivity contribution in [2.45, 2.75) is 134 Å². The maximum Gasteiger partial charge on any atom is 0.258 e. The van der Waals surface area contributed by atoms with Gasteiger partial charge in [0, 0.05) is 152 Å². The van der Waals surface area contributed by atoms with Crippen LogP contribution in [0.4, 0.5) is 29.1 Å². The summed E-state index contributed by atoms with van der Waals surface area (Å²) >= 11 is 32.6. The van der Waals surface area contributed by atoms with Gasteiger partial charge < -0.3 is 52.4 Å². The van der Waals surface area contributed by atoms with Crippen LogP contribution in [-0.4, -0.2) is 154 Å². The molecule has 4 aliphatic carbocycles. The number of benzene rings is 5. The molecule has 0 radical (unpaired) electrons. The summed E-state index contributed by atoms with van der Waals surface area (Å²) in [5.74, 6) is 2.97. The molecule has 0 spiro atoms. The molecule has 40 heteroatoms. The molecule has 20 aromatic rings. The molecule has 0 aliphatic heterocycles. The Morgan fingerprint density at radius 3 is 0.678 bits per heavy atom. The molecule has 10 N–H and O–H groups in total. The highest BCUT2D eigenvalue weighted by atomic mass is 35.5. The van der Waals surface area contributed by atoms with Crippen molar-refractivity contribution in [3.8, 4) is 143 Å². The average molecular weight is 2050 g/mol. The van der Waals surface area contributed by atoms with Gasteiger partial charge in [-0.2, -0.15) is 25.5 Å². The van der Waals surface area contributed by atoms with E-state index in [1.165, 1.54) is 6.42 Å². The van der Waals surface area contributed by atoms with Crippen LogP contribution in [0.1, 0.15) is 104 Å². The minimum absolute atomic E-state index is 0.0884. The van der Waals surface area contributed by atoms with E-state index in [4.69, 9.17) is 130 Å². The first-order valence-corrected chi connectivity index (χ1v) is 49.6. The van der Waals surface area contributed by atoms with Crippen molar-refractivity contribution in [3.05, 3.63) is 239 Å². The van der Waals surface area contributed by atoms with E-state index in [2.05, 4.69) is 80.3 Å². The van der Waals surface area contributed by atoms with Crippen molar-refractivity contribution in [1.82, 2.24) is 124 Å². The van der Waals surface area contributed by atoms with E-state index in [1.807, 2.05) is 232 Å². The average Bonchev–Trinajstić information content (AvgIpc) is 1.29. The Morgan fingerprint density at radius 1 is 0.260 bits per heavy atom. The summed E-state index contributed by atoms with van der Waals surface area (Å²) < 4.78 is 38.5. The van der Waals surface area contributed by atoms with E-state index in [0.717, 1.165) is 166 Å². The van der Waals surface area contributed by atoms with Gasteiger partial charge in [-0.1, -0.05) is 94.8 Å². The Balaban J connectivity index is 0.000000111. The first-order chi connectivity index (χ1) is 70.7. The molecule has 15 heterocycles. The number of hydrogen-bond donors (Lipinski definition) is 5. The van der Waals surface area contributed by atoms with Gasteiger partial charge in [-0.25, -0.2) is 49.8 Å². The number of rotatable bonds is 20. The highest BCUT2D eigenvalue weighted by Gasteiger charge is 2.32. The fourth-order valence-corrected chi connectivity index (χ4v) is 18.7. The quantitative estimate of drug-likeness (QED) is 0.0473. The van der Waals surface area contributed by atoms with Gasteiger partial charge in [0.1, 0.15) is 110 Å². The van der Waals surface area contributed by atoms with Crippen LogP contribution < -0.4 is 52.4 Å². The molecule has 0 atom stereocenters. The van der Waals surface area contributed by atoms with Crippen LogP contribution in [0.25, 0.3) is 168 Å². The fourth-order valence-electron chi connectivity index (χ4n) is 17.3. The molecule has 738 valence electrons. The van der Waals surface area contributed by atoms with Crippen molar-refractivity contribution in [2.75, 3.05) is 28.7 Å². The Bertz CT molecular complexity index is 8100. The zero-order valence-electron chi connectivity index (χ0n) is 80.5. The molecule has 0 unspecified atom stereocenters. The minimum atomic E-state index is -0.0884. The number of aromatic nitrogens is 25. The van der Waals surface area contributed by atoms with Gasteiger partial charge in [0.15, 0.2) is 29.1 Å². The van der Waals surface area contributed by atoms with Crippen LogP contribution in [0.2, 0.25) is 25.1 Å². The summed E-state index contributed by atoms with van der Waals surface area (Å²) in [5, 5.41) is 29.7. The molecule has 35 nitrogen and oxygen atoms in total. The Labute approximate surface area is 862 Å². The third-order valence-corrected chi connectivity index (χ3v) is 26.2. The SMILES string of the molecule is CC(C)Oc1nc(-c2cc(Cl)c3ncccc3c2)c(-c2ccn(C)n2)nc1N.Cn1ccc(-c2nc(N)c(OC3CC3)nc2-c2cc(Cl)c3ncccc3c2)n1.Cn1ccc(-c2nc(N)c(OC3CCC3)nc2-c2cc(Cl)c3ncccc3c2)n1.Cn1ccc(-c2nc(N)c(OC3CCCC3)nc2-c2cc(Cl)c3ncccc3c2)n1.Cn1ccc(-c2nc(N)c(OC3CCCCC3)nc2-c2cc(Cl)c3ncccc3c2)n1. The summed E-state index contributed by atoms with van der Waals surface area (Å²) in [6.45, 7) is 3.82. The Kier molecular flexibility index (Phi) is 28.4. The van der Waals surface area contributed by atoms with Crippen LogP contribution in [0, 0.1) is 0 Å². The standard InChI is InChI=1S/C23H23ClN6O.C22H21ClN6O.C21H19ClN6O.C20H17ClN6O.C20H19ClN6O/c1-30-11-9-18(29-30)21-20(15-12-14-6-5-10-26-19(14)17(24)13-15)28-23(22(25)27-21)31-16-7-3-2-4-8-16;1-29-10-8-17(28-29)20-19(14-11-13-5-4-9-25-18(13)16(23)12-14)27-22(21(24)26-20)30-15-6-2-3-7-15;1-28-9-7-16(27-28)19-18(26-21(20(23)25-19)29-14-5-2-6-14)13-10-12-4-3-8-24-17(12)15(22)11-13;1-27-8-6-15(26-27)18-17(25-20(19(22)24-18)28-13-4-5-13)12-9-11-3-2-7-23-16(11)14(21)10-12;1-11(2)28-20-19(22)24-18(15-6-8-27(3)26-15)17(25-20)13-9-12-5-4-7-23-16(12)14(21)10-13/h5-6,9-13,16H,2-4,7-8H2,1H3,(H2,25,27);4-5,8-12,15H,2-3,6-7H2,1H3,(H2,24,26);3-4,7-11,14H,2,5-6H2,1H3,(H2,23,25);2-3,6-10,13H,4-5H2,1H3,(H2,22,24);4-11H,1-3H3,(H2,22,24). The van der Waals surface area contributed by atoms with Crippen molar-refractivity contribution < 1.29 is 23.7 Å². The largest absolute Gasteiger partial charge is 0.472 e. The normalized spacial score (nSPS) is 13.7. The van der Waals surface area contributed by atoms with Gasteiger partial charge in [0.05, 0.1) is 58.8 Å². The van der Waals surface area contributed by atoms with Crippen molar-refractivity contribution in [2.24, 2.45) is 35.2 Å². The number of pyridine rings is 5. The predicted molar refractivity (Wildman–Crippen MR) is 570 cm³/mol. The Morgan fingerprint density at radius 2 is 0.473 bits per heavy atom. The van der Waals surface area contributed by atoms with Crippen molar-refractivity contribution in [3.63, 3.8) is 0 Å². The number of nitrogen functional groups attached to an aromatic ring is 5. The zero-order chi connectivity index (χ0) is 101. The summed E-state index contributed by atoms with van der Waals surface area (Å²) in [5.41, 5.74) is 48.1. The van der Waals surface area contributed by atoms with E-state index in [-0.39, 0.29) is 65.5 Å². The van der Waals surface area contributed by atoms with Gasteiger partial charge in [-0.05, 0) is 219 Å². The fraction of sp³-hybridized carbons (Fsp3) is 0.245. The second kappa shape index (κ2) is 42.5. The van der Waals surface area contributed by atoms with Gasteiger partial charge in [-0.3, -0.25) is 48.3 Å². The molecule has 15 aromatic heterocycles. The number of fused-ring (bicyclic) bond motifs is 5. The van der Waals surface area contributed by atoms with Gasteiger partial charge in [-0.15, -0.1) is 0 Å². The number of nitrogens with two attached hydrogens (primary N) is 5. The van der Waals surface area contributed by atoms with Crippen LogP contribution in [0.15, 0.2) is 214 Å². The maximum atomic E-state index is 6.55. The molecule has 0 bridgehead atoms. The number of aryl methyl sites for hydroxylation is 5. The van der Waals surface area contributed by atoms with Crippen LogP contribution in [0.5, 0.6) is 29.4 Å². The van der Waals surface area contributed by atoms with E-state index in [1.54, 1.807) is 54.4 Å². The monoisotopic (exact) mass is 2050 g/mol. The number of nitrogens with zero attached hydrogens (tertiary/aromatic N) is 25. The Hall–Kier alpha value is -16.0. The molecule has 146 heavy (non-hydrogen) atoms. The van der Waals surface area contributed by atoms with Gasteiger partial charge in [0.25, 0.3) is 29.4 Å². The summed E-state index contributed by atoms with van der Waals surface area (Å²) in [4.78, 5) is 68.6. The first-order valence-electron chi connectivity index (χ1n) is 47.7. The van der Waals surface area contributed by atoms with E-state index in [0.29, 0.717) is 134 Å². The lowest BCUT2D eigenvalue weighted by Gasteiger charge is -2.26. The molecule has 4 fully saturated rings. The molecule has 4 saturated carbocycles. The van der Waals surface area contributed by atoms with Gasteiger partial charge >= 0.3 is 0 Å². The first kappa shape index (κ1) is 97.5. The van der Waals surface area contributed by atoms with Crippen LogP contribution >= 0.6 is 58.0 Å². The second-order valence-electron chi connectivity index (χ2n) is 36.2. The zero-order valence-corrected chi connectivity index (χ0v) is 84.3. The lowest BCUT2D eigenvalue weighted by atomic mass is 9.96. The van der Waals surface area contributed by atoms with Crippen LogP contribution in [0.3, 0.4) is 0 Å². The van der Waals surface area contributed by atoms with Gasteiger partial charge in [0.2, 0.25) is 0 Å². The van der Waals surface area contributed by atoms with Crippen molar-refractivity contribution in [1.29, 1.82) is 0 Å². The lowest BCUT2D eigenvalue weighted by molar-refractivity contribution is 0.115. The van der Waals surface area contributed by atoms with E-state index in [9.17, 15) is 0 Å². The minimum Gasteiger partial charge on any atom is -0.472 e. The van der Waals surface area contributed by atoms with E-state index < -0.39 is 0 Å². The molecule has 24 rings (SSSR count). The second-order valence-corrected chi connectivity index (χ2v) is 38.2. The highest BCUT2D eigenvalue weighted by molar-refractivity contribution is 6.37. The molecule has 5 aromatic carbocycles. The van der Waals surface area contributed by atoms with Crippen LogP contribution in [-0.2, 0) is 35.2 Å². The third-order valence-electron chi connectivity index (χ3n) is 24.8. The number of halogens is 5.